The zero-order chi connectivity index (χ0) is 9.26. The van der Waals surface area contributed by atoms with Gasteiger partial charge in [0.2, 0.25) is 0 Å². The van der Waals surface area contributed by atoms with Gasteiger partial charge >= 0.3 is 0 Å². The maximum Gasteiger partial charge on any atom is 0.189 e. The lowest BCUT2D eigenvalue weighted by Gasteiger charge is -2.12. The maximum absolute atomic E-state index is 12.8. The molecule has 13 heavy (non-hydrogen) atoms. The Morgan fingerprint density at radius 1 is 1.62 bits per heavy atom. The smallest absolute Gasteiger partial charge is 0.189 e. The van der Waals surface area contributed by atoms with Crippen molar-refractivity contribution in [3.8, 4) is 0 Å². The molecular weight excluding hydrogens is 189 g/mol. The molecule has 0 fully saturated rings. The fourth-order valence-corrected chi connectivity index (χ4v) is 1.45. The molecule has 0 spiro atoms. The average Bonchev–Trinajstić information content (AvgIpc) is 2.17. The summed E-state index contributed by atoms with van der Waals surface area (Å²) in [6.07, 6.45) is 4.98. The summed E-state index contributed by atoms with van der Waals surface area (Å²) in [7, 11) is 0. The first-order valence-corrected chi connectivity index (χ1v) is 5.03. The van der Waals surface area contributed by atoms with Crippen LogP contribution in [0.1, 0.15) is 5.56 Å². The first-order chi connectivity index (χ1) is 6.29. The number of nitrogens with one attached hydrogen (secondary N) is 1. The van der Waals surface area contributed by atoms with Crippen molar-refractivity contribution in [2.75, 3.05) is 18.1 Å². The molecule has 0 saturated carbocycles. The van der Waals surface area contributed by atoms with Crippen LogP contribution in [0.2, 0.25) is 0 Å². The Hall–Kier alpha value is -1.10. The molecule has 1 aromatic heterocycles. The molecular formula is C8H8FN3S. The lowest BCUT2D eigenvalue weighted by molar-refractivity contribution is 0.630. The predicted molar refractivity (Wildman–Crippen MR) is 51.4 cm³/mol. The molecule has 1 aliphatic heterocycles. The summed E-state index contributed by atoms with van der Waals surface area (Å²) >= 11 is 1.47. The standard InChI is InChI=1S/C8H8FN3S/c1-13-8-11-3-5-2-6(9)4-10-7(5)12-8/h2-3H,4H2,1H3,(H,10,11,12). The third-order valence-corrected chi connectivity index (χ3v) is 2.28. The number of thioether (sulfide) groups is 1. The van der Waals surface area contributed by atoms with Gasteiger partial charge < -0.3 is 5.32 Å². The Labute approximate surface area is 79.5 Å². The number of aromatic nitrogens is 2. The van der Waals surface area contributed by atoms with Gasteiger partial charge in [0.1, 0.15) is 11.6 Å². The lowest BCUT2D eigenvalue weighted by Crippen LogP contribution is -2.10. The van der Waals surface area contributed by atoms with Crippen LogP contribution < -0.4 is 5.32 Å². The largest absolute Gasteiger partial charge is 0.363 e. The molecule has 1 N–H and O–H groups in total. The van der Waals surface area contributed by atoms with E-state index in [-0.39, 0.29) is 12.4 Å². The lowest BCUT2D eigenvalue weighted by atomic mass is 10.2. The van der Waals surface area contributed by atoms with E-state index >= 15 is 0 Å². The number of hydrogen-bond acceptors (Lipinski definition) is 4. The summed E-state index contributed by atoms with van der Waals surface area (Å²) < 4.78 is 12.8. The molecule has 0 saturated heterocycles. The van der Waals surface area contributed by atoms with Crippen molar-refractivity contribution in [2.45, 2.75) is 5.16 Å². The average molecular weight is 197 g/mol. The van der Waals surface area contributed by atoms with Gasteiger partial charge in [-0.1, -0.05) is 11.8 Å². The van der Waals surface area contributed by atoms with Crippen LogP contribution in [-0.2, 0) is 0 Å². The summed E-state index contributed by atoms with van der Waals surface area (Å²) in [5, 5.41) is 3.58. The molecule has 1 aliphatic rings. The van der Waals surface area contributed by atoms with Gasteiger partial charge in [-0.15, -0.1) is 0 Å². The van der Waals surface area contributed by atoms with E-state index in [0.717, 1.165) is 0 Å². The van der Waals surface area contributed by atoms with Crippen molar-refractivity contribution in [1.82, 2.24) is 9.97 Å². The zero-order valence-corrected chi connectivity index (χ0v) is 7.86. The van der Waals surface area contributed by atoms with E-state index in [1.807, 2.05) is 6.26 Å². The minimum Gasteiger partial charge on any atom is -0.363 e. The molecule has 0 atom stereocenters. The molecule has 1 aromatic rings. The van der Waals surface area contributed by atoms with Gasteiger partial charge in [0.25, 0.3) is 0 Å². The summed E-state index contributed by atoms with van der Waals surface area (Å²) in [6, 6.07) is 0. The van der Waals surface area contributed by atoms with Gasteiger partial charge in [0, 0.05) is 11.8 Å². The second-order valence-electron chi connectivity index (χ2n) is 2.61. The number of hydrogen-bond donors (Lipinski definition) is 1. The second-order valence-corrected chi connectivity index (χ2v) is 3.38. The highest BCUT2D eigenvalue weighted by Crippen LogP contribution is 2.23. The zero-order valence-electron chi connectivity index (χ0n) is 7.04. The van der Waals surface area contributed by atoms with Crippen molar-refractivity contribution < 1.29 is 4.39 Å². The molecule has 0 radical (unpaired) electrons. The normalized spacial score (nSPS) is 14.5. The van der Waals surface area contributed by atoms with Crippen LogP contribution in [0.25, 0.3) is 6.08 Å². The van der Waals surface area contributed by atoms with Crippen molar-refractivity contribution in [3.05, 3.63) is 17.6 Å². The molecule has 5 heteroatoms. The fourth-order valence-electron chi connectivity index (χ4n) is 1.11. The van der Waals surface area contributed by atoms with Gasteiger partial charge in [-0.05, 0) is 12.3 Å². The third kappa shape index (κ3) is 1.65. The monoisotopic (exact) mass is 197 g/mol. The first kappa shape index (κ1) is 8.50. The summed E-state index contributed by atoms with van der Waals surface area (Å²) in [6.45, 7) is 0.220. The van der Waals surface area contributed by atoms with Gasteiger partial charge in [0.15, 0.2) is 5.16 Å². The van der Waals surface area contributed by atoms with E-state index in [2.05, 4.69) is 15.3 Å². The maximum atomic E-state index is 12.8. The molecule has 68 valence electrons. The van der Waals surface area contributed by atoms with Crippen LogP contribution in [0.4, 0.5) is 10.2 Å². The van der Waals surface area contributed by atoms with Crippen LogP contribution in [-0.4, -0.2) is 22.8 Å². The molecule has 2 heterocycles. The van der Waals surface area contributed by atoms with E-state index < -0.39 is 0 Å². The van der Waals surface area contributed by atoms with E-state index in [1.54, 1.807) is 6.20 Å². The SMILES string of the molecule is CSc1ncc2c(n1)NCC(F)=C2. The minimum absolute atomic E-state index is 0.187. The summed E-state index contributed by atoms with van der Waals surface area (Å²) in [5.41, 5.74) is 0.710. The molecule has 0 amide bonds. The quantitative estimate of drug-likeness (QED) is 0.551. The van der Waals surface area contributed by atoms with Crippen LogP contribution in [0, 0.1) is 0 Å². The Bertz CT molecular complexity index is 364. The summed E-state index contributed by atoms with van der Waals surface area (Å²) in [4.78, 5) is 8.24. The van der Waals surface area contributed by atoms with Crippen molar-refractivity contribution in [2.24, 2.45) is 0 Å². The fraction of sp³-hybridized carbons (Fsp3) is 0.250. The molecule has 3 nitrogen and oxygen atoms in total. The van der Waals surface area contributed by atoms with Crippen LogP contribution in [0.5, 0.6) is 0 Å². The van der Waals surface area contributed by atoms with E-state index in [9.17, 15) is 4.39 Å². The van der Waals surface area contributed by atoms with Gasteiger partial charge in [-0.2, -0.15) is 0 Å². The third-order valence-electron chi connectivity index (χ3n) is 1.71. The summed E-state index contributed by atoms with van der Waals surface area (Å²) in [5.74, 6) is 0.522. The number of nitrogens with zero attached hydrogens (tertiary/aromatic N) is 2. The van der Waals surface area contributed by atoms with Gasteiger partial charge in [-0.25, -0.2) is 14.4 Å². The Balaban J connectivity index is 2.43. The van der Waals surface area contributed by atoms with E-state index in [1.165, 1.54) is 17.8 Å². The minimum atomic E-state index is -0.187. The number of anilines is 1. The Kier molecular flexibility index (Phi) is 2.18. The second kappa shape index (κ2) is 3.33. The highest BCUT2D eigenvalue weighted by atomic mass is 32.2. The van der Waals surface area contributed by atoms with E-state index in [4.69, 9.17) is 0 Å². The Morgan fingerprint density at radius 2 is 2.46 bits per heavy atom. The van der Waals surface area contributed by atoms with Crippen LogP contribution in [0.15, 0.2) is 17.2 Å². The van der Waals surface area contributed by atoms with Crippen molar-refractivity contribution in [1.29, 1.82) is 0 Å². The highest BCUT2D eigenvalue weighted by Gasteiger charge is 2.11. The number of fused-ring (bicyclic) bond motifs is 1. The van der Waals surface area contributed by atoms with Gasteiger partial charge in [0.05, 0.1) is 6.54 Å². The number of halogens is 1. The molecule has 0 aliphatic carbocycles. The Morgan fingerprint density at radius 3 is 3.23 bits per heavy atom. The van der Waals surface area contributed by atoms with Gasteiger partial charge in [-0.3, -0.25) is 0 Å². The van der Waals surface area contributed by atoms with E-state index in [0.29, 0.717) is 16.5 Å². The topological polar surface area (TPSA) is 37.8 Å². The van der Waals surface area contributed by atoms with Crippen LogP contribution in [0.3, 0.4) is 0 Å². The molecule has 0 unspecified atom stereocenters. The number of rotatable bonds is 1. The van der Waals surface area contributed by atoms with Crippen LogP contribution >= 0.6 is 11.8 Å². The predicted octanol–water partition coefficient (Wildman–Crippen LogP) is 1.93. The molecule has 2 rings (SSSR count). The molecule has 0 bridgehead atoms. The first-order valence-electron chi connectivity index (χ1n) is 3.80. The highest BCUT2D eigenvalue weighted by molar-refractivity contribution is 7.98. The van der Waals surface area contributed by atoms with Crippen molar-refractivity contribution >= 4 is 23.7 Å². The van der Waals surface area contributed by atoms with Crippen molar-refractivity contribution in [3.63, 3.8) is 0 Å². The molecule has 0 aromatic carbocycles.